The highest BCUT2D eigenvalue weighted by Gasteiger charge is 2.14. The van der Waals surface area contributed by atoms with E-state index in [1.54, 1.807) is 0 Å². The Labute approximate surface area is 113 Å². The molecule has 0 amide bonds. The zero-order chi connectivity index (χ0) is 11.4. The van der Waals surface area contributed by atoms with Crippen LogP contribution in [0, 0.1) is 0 Å². The van der Waals surface area contributed by atoms with E-state index in [2.05, 4.69) is 59.3 Å². The van der Waals surface area contributed by atoms with Crippen LogP contribution in [0.25, 0.3) is 6.20 Å². The van der Waals surface area contributed by atoms with E-state index < -0.39 is 0 Å². The van der Waals surface area contributed by atoms with Crippen molar-refractivity contribution in [1.82, 2.24) is 4.57 Å². The highest BCUT2D eigenvalue weighted by atomic mass is 79.9. The number of hydrogen-bond acceptors (Lipinski definition) is 0. The number of aromatic nitrogens is 2. The molecule has 0 unspecified atom stereocenters. The molecular formula is C14H17BrN2. The van der Waals surface area contributed by atoms with Crippen molar-refractivity contribution in [2.45, 2.75) is 19.9 Å². The van der Waals surface area contributed by atoms with Crippen LogP contribution < -0.4 is 21.5 Å². The van der Waals surface area contributed by atoms with Crippen LogP contribution in [0.15, 0.2) is 49.3 Å². The molecule has 0 saturated heterocycles. The zero-order valence-corrected chi connectivity index (χ0v) is 11.6. The molecule has 2 rings (SSSR count). The highest BCUT2D eigenvalue weighted by molar-refractivity contribution is 5.23. The first-order valence-corrected chi connectivity index (χ1v) is 5.60. The van der Waals surface area contributed by atoms with E-state index in [4.69, 9.17) is 0 Å². The molecular weight excluding hydrogens is 276 g/mol. The molecule has 0 spiro atoms. The molecule has 3 heteroatoms. The average molecular weight is 293 g/mol. The molecule has 0 N–H and O–H groups in total. The summed E-state index contributed by atoms with van der Waals surface area (Å²) >= 11 is 0. The van der Waals surface area contributed by atoms with Crippen molar-refractivity contribution >= 4 is 6.20 Å². The van der Waals surface area contributed by atoms with Crippen LogP contribution in [-0.4, -0.2) is 4.57 Å². The van der Waals surface area contributed by atoms with E-state index in [1.165, 1.54) is 11.4 Å². The minimum atomic E-state index is 0. The fourth-order valence-electron chi connectivity index (χ4n) is 1.90. The molecule has 17 heavy (non-hydrogen) atoms. The molecule has 0 fully saturated rings. The van der Waals surface area contributed by atoms with Gasteiger partial charge in [0.1, 0.15) is 12.4 Å². The monoisotopic (exact) mass is 292 g/mol. The third-order valence-electron chi connectivity index (χ3n) is 2.78. The molecule has 0 atom stereocenters. The van der Waals surface area contributed by atoms with E-state index >= 15 is 0 Å². The van der Waals surface area contributed by atoms with Crippen LogP contribution in [0.1, 0.15) is 18.3 Å². The summed E-state index contributed by atoms with van der Waals surface area (Å²) in [6.07, 6.45) is 6.94. The lowest BCUT2D eigenvalue weighted by Gasteiger charge is -2.01. The van der Waals surface area contributed by atoms with Gasteiger partial charge in [-0.2, -0.15) is 0 Å². The van der Waals surface area contributed by atoms with Gasteiger partial charge in [-0.05, 0) is 12.5 Å². The van der Waals surface area contributed by atoms with E-state index in [-0.39, 0.29) is 17.0 Å². The first-order chi connectivity index (χ1) is 7.85. The standard InChI is InChI=1S/C14H17N2.BrH/c1-3-15-10-11-16(4-2)14(15)12-13-8-6-5-7-9-13;/h3,5-11H,1,4,12H2,2H3;1H/q+1;/p-1. The van der Waals surface area contributed by atoms with Gasteiger partial charge >= 0.3 is 0 Å². The Morgan fingerprint density at radius 1 is 1.29 bits per heavy atom. The Morgan fingerprint density at radius 2 is 2.00 bits per heavy atom. The maximum atomic E-state index is 3.83. The van der Waals surface area contributed by atoms with Gasteiger partial charge in [-0.15, -0.1) is 0 Å². The number of halogens is 1. The lowest BCUT2D eigenvalue weighted by atomic mass is 10.1. The Hall–Kier alpha value is -1.35. The first-order valence-electron chi connectivity index (χ1n) is 5.60. The van der Waals surface area contributed by atoms with Gasteiger partial charge in [0.15, 0.2) is 0 Å². The van der Waals surface area contributed by atoms with Gasteiger partial charge in [-0.3, -0.25) is 0 Å². The third-order valence-corrected chi connectivity index (χ3v) is 2.78. The van der Waals surface area contributed by atoms with Crippen molar-refractivity contribution in [2.24, 2.45) is 0 Å². The van der Waals surface area contributed by atoms with E-state index in [0.717, 1.165) is 13.0 Å². The summed E-state index contributed by atoms with van der Waals surface area (Å²) in [7, 11) is 0. The molecule has 0 bridgehead atoms. The lowest BCUT2D eigenvalue weighted by Crippen LogP contribution is -3.00. The molecule has 2 nitrogen and oxygen atoms in total. The summed E-state index contributed by atoms with van der Waals surface area (Å²) in [6, 6.07) is 10.5. The number of benzene rings is 1. The summed E-state index contributed by atoms with van der Waals surface area (Å²) in [6.45, 7) is 6.97. The number of hydrogen-bond donors (Lipinski definition) is 0. The van der Waals surface area contributed by atoms with Crippen LogP contribution in [0.2, 0.25) is 0 Å². The SMILES string of the molecule is C=Cn1cc[n+](CC)c1Cc1ccccc1.[Br-]. The first kappa shape index (κ1) is 13.7. The predicted octanol–water partition coefficient (Wildman–Crippen LogP) is -0.509. The van der Waals surface area contributed by atoms with Crippen molar-refractivity contribution < 1.29 is 21.5 Å². The molecule has 0 radical (unpaired) electrons. The summed E-state index contributed by atoms with van der Waals surface area (Å²) in [5.74, 6) is 1.27. The fourth-order valence-corrected chi connectivity index (χ4v) is 1.90. The number of rotatable bonds is 4. The largest absolute Gasteiger partial charge is 1.00 e. The van der Waals surface area contributed by atoms with Crippen molar-refractivity contribution in [3.05, 3.63) is 60.7 Å². The van der Waals surface area contributed by atoms with Crippen LogP contribution >= 0.6 is 0 Å². The van der Waals surface area contributed by atoms with Crippen molar-refractivity contribution in [3.63, 3.8) is 0 Å². The minimum absolute atomic E-state index is 0. The lowest BCUT2D eigenvalue weighted by molar-refractivity contribution is -0.699. The van der Waals surface area contributed by atoms with Crippen LogP contribution in [0.5, 0.6) is 0 Å². The Balaban J connectivity index is 0.00000144. The van der Waals surface area contributed by atoms with Crippen molar-refractivity contribution in [1.29, 1.82) is 0 Å². The second-order valence-electron chi connectivity index (χ2n) is 3.75. The molecule has 1 heterocycles. The highest BCUT2D eigenvalue weighted by Crippen LogP contribution is 2.06. The van der Waals surface area contributed by atoms with E-state index in [1.807, 2.05) is 12.3 Å². The molecule has 1 aromatic carbocycles. The summed E-state index contributed by atoms with van der Waals surface area (Å²) < 4.78 is 4.32. The molecule has 1 aromatic heterocycles. The molecule has 90 valence electrons. The second-order valence-corrected chi connectivity index (χ2v) is 3.75. The van der Waals surface area contributed by atoms with Gasteiger partial charge in [-0.25, -0.2) is 9.13 Å². The van der Waals surface area contributed by atoms with Gasteiger partial charge in [-0.1, -0.05) is 36.9 Å². The van der Waals surface area contributed by atoms with Gasteiger partial charge < -0.3 is 17.0 Å². The van der Waals surface area contributed by atoms with Crippen molar-refractivity contribution in [3.8, 4) is 0 Å². The maximum absolute atomic E-state index is 3.83. The molecule has 0 saturated carbocycles. The topological polar surface area (TPSA) is 8.81 Å². The average Bonchev–Trinajstić information content (AvgIpc) is 2.72. The molecule has 0 aliphatic heterocycles. The van der Waals surface area contributed by atoms with Gasteiger partial charge in [0.2, 0.25) is 0 Å². The summed E-state index contributed by atoms with van der Waals surface area (Å²) in [5.41, 5.74) is 1.33. The Bertz CT molecular complexity index is 474. The van der Waals surface area contributed by atoms with Crippen LogP contribution in [-0.2, 0) is 13.0 Å². The molecule has 0 aliphatic carbocycles. The summed E-state index contributed by atoms with van der Waals surface area (Å²) in [5, 5.41) is 0. The Kier molecular flexibility index (Phi) is 5.16. The second kappa shape index (κ2) is 6.40. The van der Waals surface area contributed by atoms with Crippen LogP contribution in [0.4, 0.5) is 0 Å². The predicted molar refractivity (Wildman–Crippen MR) is 65.9 cm³/mol. The smallest absolute Gasteiger partial charge is 0.265 e. The quantitative estimate of drug-likeness (QED) is 0.672. The molecule has 2 aromatic rings. The van der Waals surface area contributed by atoms with E-state index in [0.29, 0.717) is 0 Å². The number of imidazole rings is 1. The maximum Gasteiger partial charge on any atom is 0.265 e. The van der Waals surface area contributed by atoms with Gasteiger partial charge in [0.25, 0.3) is 5.82 Å². The normalized spacial score (nSPS) is 9.71. The molecule has 0 aliphatic rings. The van der Waals surface area contributed by atoms with Crippen LogP contribution in [0.3, 0.4) is 0 Å². The third kappa shape index (κ3) is 3.07. The van der Waals surface area contributed by atoms with Gasteiger partial charge in [0.05, 0.1) is 19.2 Å². The number of aryl methyl sites for hydroxylation is 1. The Morgan fingerprint density at radius 3 is 2.59 bits per heavy atom. The zero-order valence-electron chi connectivity index (χ0n) is 10.0. The van der Waals surface area contributed by atoms with Crippen molar-refractivity contribution in [2.75, 3.05) is 0 Å². The van der Waals surface area contributed by atoms with Gasteiger partial charge in [0, 0.05) is 0 Å². The fraction of sp³-hybridized carbons (Fsp3) is 0.214. The summed E-state index contributed by atoms with van der Waals surface area (Å²) in [4.78, 5) is 0. The van der Waals surface area contributed by atoms with E-state index in [9.17, 15) is 0 Å². The number of nitrogens with zero attached hydrogens (tertiary/aromatic N) is 2. The minimum Gasteiger partial charge on any atom is -1.00 e.